The first kappa shape index (κ1) is 26.8. The molecule has 37 heavy (non-hydrogen) atoms. The third kappa shape index (κ3) is 4.44. The molecule has 1 aromatic rings. The molecule has 1 aromatic carbocycles. The molecule has 204 valence electrons. The van der Waals surface area contributed by atoms with Crippen LogP contribution in [-0.2, 0) is 15.6 Å². The molecule has 5 rings (SSSR count). The van der Waals surface area contributed by atoms with E-state index < -0.39 is 0 Å². The predicted molar refractivity (Wildman–Crippen MR) is 152 cm³/mol. The lowest BCUT2D eigenvalue weighted by atomic mass is 9.47. The zero-order chi connectivity index (χ0) is 27.0. The first-order valence-corrected chi connectivity index (χ1v) is 14.9. The highest BCUT2D eigenvalue weighted by molar-refractivity contribution is 6.02. The van der Waals surface area contributed by atoms with E-state index in [1.54, 1.807) is 4.90 Å². The van der Waals surface area contributed by atoms with Crippen LogP contribution in [0.1, 0.15) is 124 Å². The second-order valence-corrected chi connectivity index (χ2v) is 15.5. The smallest absolute Gasteiger partial charge is 0.307 e. The van der Waals surface area contributed by atoms with Gasteiger partial charge in [-0.2, -0.15) is 0 Å². The van der Waals surface area contributed by atoms with Crippen LogP contribution in [-0.4, -0.2) is 22.9 Å². The number of rotatable bonds is 1. The summed E-state index contributed by atoms with van der Waals surface area (Å²) in [4.78, 5) is 29.1. The lowest BCUT2D eigenvalue weighted by molar-refractivity contribution is -0.152. The minimum atomic E-state index is -0.225. The van der Waals surface area contributed by atoms with Gasteiger partial charge in [-0.05, 0) is 102 Å². The van der Waals surface area contributed by atoms with Crippen molar-refractivity contribution in [3.63, 3.8) is 0 Å². The lowest BCUT2D eigenvalue weighted by Crippen LogP contribution is -2.63. The SMILES string of the molecule is CC(C)(C)c1ccc(C(C)(C)C)c(NC(=O)N2C(=O)CC[C@]3(C)[C@H]4CC[C@]5(C)CCC[C@H]5[C@@H]4CC[C@@H]23)c1. The van der Waals surface area contributed by atoms with Crippen LogP contribution in [0.15, 0.2) is 18.2 Å². The summed E-state index contributed by atoms with van der Waals surface area (Å²) in [5.41, 5.74) is 3.55. The molecule has 4 heteroatoms. The molecule has 1 N–H and O–H groups in total. The number of hydrogen-bond donors (Lipinski definition) is 1. The molecule has 6 atom stereocenters. The number of benzene rings is 1. The van der Waals surface area contributed by atoms with E-state index in [1.807, 2.05) is 0 Å². The van der Waals surface area contributed by atoms with Crippen LogP contribution in [0.5, 0.6) is 0 Å². The van der Waals surface area contributed by atoms with Gasteiger partial charge in [-0.3, -0.25) is 9.69 Å². The largest absolute Gasteiger partial charge is 0.328 e. The zero-order valence-corrected chi connectivity index (χ0v) is 24.7. The quantitative estimate of drug-likeness (QED) is 0.415. The normalized spacial score (nSPS) is 36.0. The summed E-state index contributed by atoms with van der Waals surface area (Å²) in [5.74, 6) is 2.22. The van der Waals surface area contributed by atoms with Gasteiger partial charge in [0.15, 0.2) is 0 Å². The zero-order valence-electron chi connectivity index (χ0n) is 24.7. The fourth-order valence-corrected chi connectivity index (χ4v) is 9.07. The monoisotopic (exact) mass is 506 g/mol. The lowest BCUT2D eigenvalue weighted by Gasteiger charge is -2.61. The van der Waals surface area contributed by atoms with Gasteiger partial charge in [0.2, 0.25) is 5.91 Å². The van der Waals surface area contributed by atoms with Gasteiger partial charge in [-0.1, -0.05) is 73.9 Å². The number of carbonyl (C=O) groups excluding carboxylic acids is 2. The molecule has 4 fully saturated rings. The molecule has 0 spiro atoms. The van der Waals surface area contributed by atoms with E-state index in [9.17, 15) is 9.59 Å². The second kappa shape index (κ2) is 8.85. The Morgan fingerprint density at radius 2 is 1.65 bits per heavy atom. The van der Waals surface area contributed by atoms with E-state index in [4.69, 9.17) is 0 Å². The van der Waals surface area contributed by atoms with Gasteiger partial charge in [0.1, 0.15) is 0 Å². The first-order chi connectivity index (χ1) is 17.1. The van der Waals surface area contributed by atoms with Crippen molar-refractivity contribution in [2.75, 3.05) is 5.32 Å². The molecule has 0 unspecified atom stereocenters. The number of anilines is 1. The number of nitrogens with zero attached hydrogens (tertiary/aromatic N) is 1. The highest BCUT2D eigenvalue weighted by Crippen LogP contribution is 2.64. The number of hydrogen-bond acceptors (Lipinski definition) is 2. The number of carbonyl (C=O) groups is 2. The summed E-state index contributed by atoms with van der Waals surface area (Å²) in [5, 5.41) is 3.26. The number of amides is 3. The molecule has 3 saturated carbocycles. The molecule has 1 saturated heterocycles. The molecule has 4 nitrogen and oxygen atoms in total. The standard InChI is InChI=1S/C33H50N2O2/c1-30(2,3)21-11-13-25(31(4,5)6)26(20-21)34-29(37)35-27-14-12-22-23-10-9-17-32(23,7)18-15-24(22)33(27,8)19-16-28(35)36/h11,13,20,22-24,27H,9-10,12,14-19H2,1-8H3,(H,34,37)/t22-,23-,24-,27+,32-,33+/m0/s1. The summed E-state index contributed by atoms with van der Waals surface area (Å²) in [6, 6.07) is 6.25. The van der Waals surface area contributed by atoms with Crippen LogP contribution in [0.4, 0.5) is 10.5 Å². The van der Waals surface area contributed by atoms with Crippen LogP contribution >= 0.6 is 0 Å². The van der Waals surface area contributed by atoms with E-state index >= 15 is 0 Å². The Morgan fingerprint density at radius 3 is 2.32 bits per heavy atom. The Bertz CT molecular complexity index is 1080. The van der Waals surface area contributed by atoms with Gasteiger partial charge >= 0.3 is 6.03 Å². The molecule has 1 heterocycles. The predicted octanol–water partition coefficient (Wildman–Crippen LogP) is 8.44. The van der Waals surface area contributed by atoms with Crippen molar-refractivity contribution >= 4 is 17.6 Å². The Kier molecular flexibility index (Phi) is 6.40. The Hall–Kier alpha value is -1.84. The van der Waals surface area contributed by atoms with E-state index in [0.717, 1.165) is 42.3 Å². The van der Waals surface area contributed by atoms with Crippen molar-refractivity contribution in [2.24, 2.45) is 28.6 Å². The van der Waals surface area contributed by atoms with Gasteiger partial charge in [0.05, 0.1) is 0 Å². The van der Waals surface area contributed by atoms with Crippen molar-refractivity contribution in [2.45, 2.75) is 130 Å². The molecular formula is C33H50N2O2. The average Bonchev–Trinajstić information content (AvgIpc) is 3.20. The highest BCUT2D eigenvalue weighted by atomic mass is 16.2. The van der Waals surface area contributed by atoms with Crippen molar-refractivity contribution in [1.82, 2.24) is 4.90 Å². The Labute approximate surface area is 225 Å². The van der Waals surface area contributed by atoms with Crippen molar-refractivity contribution < 1.29 is 9.59 Å². The van der Waals surface area contributed by atoms with Crippen LogP contribution in [0, 0.1) is 28.6 Å². The molecule has 3 aliphatic carbocycles. The summed E-state index contributed by atoms with van der Waals surface area (Å²) in [6.07, 6.45) is 10.2. The van der Waals surface area contributed by atoms with Gasteiger partial charge in [-0.25, -0.2) is 4.79 Å². The number of piperidine rings is 1. The average molecular weight is 507 g/mol. The number of urea groups is 1. The molecule has 0 aromatic heterocycles. The van der Waals surface area contributed by atoms with Crippen molar-refractivity contribution in [3.8, 4) is 0 Å². The van der Waals surface area contributed by atoms with E-state index in [1.165, 1.54) is 37.7 Å². The maximum atomic E-state index is 14.0. The van der Waals surface area contributed by atoms with Crippen LogP contribution in [0.25, 0.3) is 0 Å². The van der Waals surface area contributed by atoms with E-state index in [0.29, 0.717) is 17.8 Å². The molecule has 0 radical (unpaired) electrons. The minimum Gasteiger partial charge on any atom is -0.307 e. The summed E-state index contributed by atoms with van der Waals surface area (Å²) in [6.45, 7) is 18.1. The summed E-state index contributed by atoms with van der Waals surface area (Å²) < 4.78 is 0. The maximum absolute atomic E-state index is 14.0. The fraction of sp³-hybridized carbons (Fsp3) is 0.758. The number of fused-ring (bicyclic) bond motifs is 5. The Balaban J connectivity index is 1.44. The maximum Gasteiger partial charge on any atom is 0.328 e. The molecular weight excluding hydrogens is 456 g/mol. The third-order valence-electron chi connectivity index (χ3n) is 11.2. The second-order valence-electron chi connectivity index (χ2n) is 15.5. The molecule has 3 amide bonds. The summed E-state index contributed by atoms with van der Waals surface area (Å²) >= 11 is 0. The molecule has 0 bridgehead atoms. The first-order valence-electron chi connectivity index (χ1n) is 14.9. The van der Waals surface area contributed by atoms with Gasteiger partial charge < -0.3 is 5.32 Å². The number of imide groups is 1. The topological polar surface area (TPSA) is 49.4 Å². The van der Waals surface area contributed by atoms with Gasteiger partial charge in [-0.15, -0.1) is 0 Å². The molecule has 4 aliphatic rings. The molecule has 1 aliphatic heterocycles. The van der Waals surface area contributed by atoms with E-state index in [-0.39, 0.29) is 34.2 Å². The van der Waals surface area contributed by atoms with Crippen LogP contribution in [0.3, 0.4) is 0 Å². The number of nitrogens with one attached hydrogen (secondary N) is 1. The minimum absolute atomic E-state index is 0.00391. The van der Waals surface area contributed by atoms with Crippen molar-refractivity contribution in [1.29, 1.82) is 0 Å². The van der Waals surface area contributed by atoms with E-state index in [2.05, 4.69) is 78.9 Å². The third-order valence-corrected chi connectivity index (χ3v) is 11.2. The fourth-order valence-electron chi connectivity index (χ4n) is 9.07. The number of likely N-dealkylation sites (tertiary alicyclic amines) is 1. The van der Waals surface area contributed by atoms with Gasteiger partial charge in [0, 0.05) is 18.2 Å². The van der Waals surface area contributed by atoms with Gasteiger partial charge in [0.25, 0.3) is 0 Å². The highest BCUT2D eigenvalue weighted by Gasteiger charge is 2.60. The summed E-state index contributed by atoms with van der Waals surface area (Å²) in [7, 11) is 0. The van der Waals surface area contributed by atoms with Crippen LogP contribution < -0.4 is 5.32 Å². The Morgan fingerprint density at radius 1 is 0.919 bits per heavy atom. The van der Waals surface area contributed by atoms with Crippen molar-refractivity contribution in [3.05, 3.63) is 29.3 Å². The van der Waals surface area contributed by atoms with Crippen LogP contribution in [0.2, 0.25) is 0 Å².